The number of ether oxygens (including phenoxy) is 1. The number of halogens is 4. The van der Waals surface area contributed by atoms with Gasteiger partial charge >= 0.3 is 6.18 Å². The van der Waals surface area contributed by atoms with Gasteiger partial charge in [0.15, 0.2) is 18.4 Å². The third kappa shape index (κ3) is 5.85. The van der Waals surface area contributed by atoms with Gasteiger partial charge in [-0.2, -0.15) is 13.2 Å². The average molecular weight is 551 g/mol. The van der Waals surface area contributed by atoms with E-state index in [2.05, 4.69) is 21.2 Å². The number of oxime groups is 1. The predicted octanol–water partition coefficient (Wildman–Crippen LogP) is 5.06. The number of carbonyl (C=O) groups is 1. The number of amides is 1. The molecule has 0 saturated carbocycles. The van der Waals surface area contributed by atoms with Crippen LogP contribution in [0.15, 0.2) is 41.1 Å². The van der Waals surface area contributed by atoms with E-state index in [4.69, 9.17) is 26.2 Å². The lowest BCUT2D eigenvalue weighted by Gasteiger charge is -2.31. The topological polar surface area (TPSA) is 89.8 Å². The van der Waals surface area contributed by atoms with E-state index < -0.39 is 18.5 Å². The van der Waals surface area contributed by atoms with Crippen LogP contribution in [0.4, 0.5) is 13.2 Å². The van der Waals surface area contributed by atoms with E-state index in [-0.39, 0.29) is 23.8 Å². The summed E-state index contributed by atoms with van der Waals surface area (Å²) in [6.45, 7) is 0.570. The molecule has 0 N–H and O–H groups in total. The molecule has 4 heterocycles. The largest absolute Gasteiger partial charge is 0.466 e. The highest BCUT2D eigenvalue weighted by molar-refractivity contribution is 7.10. The lowest BCUT2D eigenvalue weighted by molar-refractivity contribution is -0.141. The first-order valence-electron chi connectivity index (χ1n) is 11.4. The van der Waals surface area contributed by atoms with Crippen molar-refractivity contribution in [2.24, 2.45) is 5.16 Å². The summed E-state index contributed by atoms with van der Waals surface area (Å²) >= 11 is 7.80. The molecular formula is C24H20ClF3N5O3S. The maximum Gasteiger partial charge on any atom is 0.435 e. The van der Waals surface area contributed by atoms with Gasteiger partial charge in [0.2, 0.25) is 5.88 Å². The number of alkyl halides is 3. The Morgan fingerprint density at radius 1 is 1.27 bits per heavy atom. The Labute approximate surface area is 219 Å². The maximum absolute atomic E-state index is 12.8. The van der Waals surface area contributed by atoms with E-state index in [1.54, 1.807) is 28.4 Å². The first kappa shape index (κ1) is 25.4. The standard InChI is InChI=1S/C24H20ClF3N5O3S/c25-16-4-2-1-3-15(16)19-9-17(32-36-19)18-13-37-23(30-18)14-5-7-33(8-6-14)22(34)12-35-21-11-29-10-20(31-21)24(26,27)28/h1-2,4,10-11,13-14,19H,5-9,12H2. The Kier molecular flexibility index (Phi) is 7.29. The van der Waals surface area contributed by atoms with Gasteiger partial charge in [-0.25, -0.2) is 9.97 Å². The van der Waals surface area contributed by atoms with Crippen LogP contribution in [0.25, 0.3) is 0 Å². The molecule has 193 valence electrons. The van der Waals surface area contributed by atoms with Crippen molar-refractivity contribution in [3.05, 3.63) is 69.0 Å². The SMILES string of the molecule is O=C(COc1cncc(C(F)(F)F)n1)N1CCC(c2nc(C3=NOC(c4[c]cccc4Cl)C3)cs2)CC1. The molecule has 1 saturated heterocycles. The Balaban J connectivity index is 1.12. The van der Waals surface area contributed by atoms with E-state index in [1.807, 2.05) is 11.4 Å². The fourth-order valence-corrected chi connectivity index (χ4v) is 5.37. The van der Waals surface area contributed by atoms with Gasteiger partial charge in [-0.3, -0.25) is 9.78 Å². The number of nitrogens with zero attached hydrogens (tertiary/aromatic N) is 5. The number of thiazole rings is 1. The Morgan fingerprint density at radius 2 is 2.08 bits per heavy atom. The van der Waals surface area contributed by atoms with Crippen LogP contribution in [0.5, 0.6) is 5.88 Å². The maximum atomic E-state index is 12.8. The van der Waals surface area contributed by atoms with E-state index >= 15 is 0 Å². The number of piperidine rings is 1. The van der Waals surface area contributed by atoms with Gasteiger partial charge in [-0.05, 0) is 25.0 Å². The van der Waals surface area contributed by atoms with Crippen LogP contribution in [0.2, 0.25) is 5.02 Å². The van der Waals surface area contributed by atoms with Crippen LogP contribution in [0, 0.1) is 6.07 Å². The Morgan fingerprint density at radius 3 is 2.84 bits per heavy atom. The van der Waals surface area contributed by atoms with Gasteiger partial charge in [0.1, 0.15) is 5.71 Å². The minimum Gasteiger partial charge on any atom is -0.466 e. The van der Waals surface area contributed by atoms with Crippen molar-refractivity contribution in [2.45, 2.75) is 37.5 Å². The number of rotatable bonds is 6. The van der Waals surface area contributed by atoms with Crippen molar-refractivity contribution in [2.75, 3.05) is 19.7 Å². The highest BCUT2D eigenvalue weighted by atomic mass is 35.5. The van der Waals surface area contributed by atoms with Gasteiger partial charge in [-0.1, -0.05) is 28.9 Å². The van der Waals surface area contributed by atoms with Crippen LogP contribution in [-0.2, 0) is 15.8 Å². The summed E-state index contributed by atoms with van der Waals surface area (Å²) in [5.74, 6) is -0.479. The molecule has 5 rings (SSSR count). The first-order chi connectivity index (χ1) is 17.8. The van der Waals surface area contributed by atoms with Crippen molar-refractivity contribution in [3.63, 3.8) is 0 Å². The molecule has 1 fully saturated rings. The molecule has 37 heavy (non-hydrogen) atoms. The van der Waals surface area contributed by atoms with E-state index in [0.29, 0.717) is 43.6 Å². The Hall–Kier alpha value is -3.25. The lowest BCUT2D eigenvalue weighted by atomic mass is 9.97. The predicted molar refractivity (Wildman–Crippen MR) is 128 cm³/mol. The third-order valence-corrected chi connectivity index (χ3v) is 7.42. The van der Waals surface area contributed by atoms with Crippen LogP contribution < -0.4 is 4.74 Å². The van der Waals surface area contributed by atoms with E-state index in [1.165, 1.54) is 0 Å². The summed E-state index contributed by atoms with van der Waals surface area (Å²) in [6, 6.07) is 8.49. The molecular weight excluding hydrogens is 531 g/mol. The van der Waals surface area contributed by atoms with Gasteiger partial charge in [0.25, 0.3) is 5.91 Å². The van der Waals surface area contributed by atoms with Crippen LogP contribution >= 0.6 is 22.9 Å². The molecule has 0 spiro atoms. The monoisotopic (exact) mass is 550 g/mol. The molecule has 0 aliphatic carbocycles. The van der Waals surface area contributed by atoms with Crippen molar-refractivity contribution >= 4 is 34.6 Å². The molecule has 3 aromatic rings. The normalized spacial score (nSPS) is 18.4. The fraction of sp³-hybridized carbons (Fsp3) is 0.375. The second-order valence-electron chi connectivity index (χ2n) is 8.52. The van der Waals surface area contributed by atoms with Gasteiger partial charge in [0, 0.05) is 41.4 Å². The zero-order valence-electron chi connectivity index (χ0n) is 19.2. The van der Waals surface area contributed by atoms with Crippen molar-refractivity contribution < 1.29 is 27.5 Å². The molecule has 1 aromatic carbocycles. The van der Waals surface area contributed by atoms with Crippen molar-refractivity contribution in [1.29, 1.82) is 0 Å². The van der Waals surface area contributed by atoms with E-state index in [0.717, 1.165) is 28.2 Å². The summed E-state index contributed by atoms with van der Waals surface area (Å²) in [5.41, 5.74) is 1.11. The summed E-state index contributed by atoms with van der Waals surface area (Å²) in [7, 11) is 0. The zero-order valence-corrected chi connectivity index (χ0v) is 20.8. The minimum atomic E-state index is -4.64. The first-order valence-corrected chi connectivity index (χ1v) is 12.7. The second-order valence-corrected chi connectivity index (χ2v) is 9.82. The second kappa shape index (κ2) is 10.6. The molecule has 2 aromatic heterocycles. The molecule has 8 nitrogen and oxygen atoms in total. The van der Waals surface area contributed by atoms with Crippen molar-refractivity contribution in [3.8, 4) is 5.88 Å². The molecule has 0 bridgehead atoms. The van der Waals surface area contributed by atoms with Crippen molar-refractivity contribution in [1.82, 2.24) is 19.9 Å². The zero-order chi connectivity index (χ0) is 26.0. The molecule has 2 aliphatic rings. The molecule has 1 amide bonds. The van der Waals surface area contributed by atoms with Crippen LogP contribution in [0.3, 0.4) is 0 Å². The molecule has 2 aliphatic heterocycles. The molecule has 13 heteroatoms. The van der Waals surface area contributed by atoms with E-state index in [9.17, 15) is 18.0 Å². The van der Waals surface area contributed by atoms with Gasteiger partial charge < -0.3 is 14.5 Å². The fourth-order valence-electron chi connectivity index (χ4n) is 4.12. The number of aromatic nitrogens is 3. The summed E-state index contributed by atoms with van der Waals surface area (Å²) in [6.07, 6.45) is -1.32. The number of hydrogen-bond donors (Lipinski definition) is 0. The minimum absolute atomic E-state index is 0.189. The number of hydrogen-bond acceptors (Lipinski definition) is 8. The summed E-state index contributed by atoms with van der Waals surface area (Å²) < 4.78 is 43.5. The van der Waals surface area contributed by atoms with Gasteiger partial charge in [0.05, 0.1) is 23.1 Å². The highest BCUT2D eigenvalue weighted by Gasteiger charge is 2.34. The van der Waals surface area contributed by atoms with Gasteiger partial charge in [-0.15, -0.1) is 11.3 Å². The quantitative estimate of drug-likeness (QED) is 0.426. The smallest absolute Gasteiger partial charge is 0.435 e. The summed E-state index contributed by atoms with van der Waals surface area (Å²) in [5, 5.41) is 7.71. The van der Waals surface area contributed by atoms with Crippen LogP contribution in [0.1, 0.15) is 53.2 Å². The number of likely N-dealkylation sites (tertiary alicyclic amines) is 1. The lowest BCUT2D eigenvalue weighted by Crippen LogP contribution is -2.40. The summed E-state index contributed by atoms with van der Waals surface area (Å²) in [4.78, 5) is 31.3. The highest BCUT2D eigenvalue weighted by Crippen LogP contribution is 2.35. The molecule has 1 unspecified atom stereocenters. The number of benzene rings is 1. The number of carbonyl (C=O) groups excluding carboxylic acids is 1. The molecule has 1 atom stereocenters. The average Bonchev–Trinajstić information content (AvgIpc) is 3.58. The Bertz CT molecular complexity index is 1310. The third-order valence-electron chi connectivity index (χ3n) is 6.09. The molecule has 1 radical (unpaired) electrons. The van der Waals surface area contributed by atoms with Crippen LogP contribution in [-0.4, -0.2) is 51.2 Å².